The van der Waals surface area contributed by atoms with Crippen LogP contribution in [0.3, 0.4) is 0 Å². The van der Waals surface area contributed by atoms with Gasteiger partial charge in [0.2, 0.25) is 5.91 Å². The molecule has 0 aromatic heterocycles. The van der Waals surface area contributed by atoms with Crippen LogP contribution in [0.5, 0.6) is 0 Å². The van der Waals surface area contributed by atoms with Crippen molar-refractivity contribution in [2.45, 2.75) is 31.7 Å². The fourth-order valence-corrected chi connectivity index (χ4v) is 3.27. The van der Waals surface area contributed by atoms with E-state index in [0.29, 0.717) is 24.3 Å². The van der Waals surface area contributed by atoms with E-state index in [-0.39, 0.29) is 23.2 Å². The lowest BCUT2D eigenvalue weighted by Crippen LogP contribution is -2.23. The molecule has 144 valence electrons. The van der Waals surface area contributed by atoms with Crippen molar-refractivity contribution in [3.05, 3.63) is 58.1 Å². The van der Waals surface area contributed by atoms with Gasteiger partial charge in [0, 0.05) is 42.0 Å². The number of benzene rings is 2. The SMILES string of the molecule is O=C(Nc1cccc(N2CCCC2=O)c1)c1ccc(NC2CC2)c([N+](=O)[O-])c1. The Morgan fingerprint density at radius 3 is 2.68 bits per heavy atom. The van der Waals surface area contributed by atoms with Crippen molar-refractivity contribution in [3.8, 4) is 0 Å². The zero-order valence-corrected chi connectivity index (χ0v) is 15.2. The summed E-state index contributed by atoms with van der Waals surface area (Å²) in [5, 5.41) is 17.2. The van der Waals surface area contributed by atoms with Crippen molar-refractivity contribution >= 4 is 34.6 Å². The first-order valence-electron chi connectivity index (χ1n) is 9.28. The molecule has 2 N–H and O–H groups in total. The van der Waals surface area contributed by atoms with Gasteiger partial charge < -0.3 is 15.5 Å². The summed E-state index contributed by atoms with van der Waals surface area (Å²) in [4.78, 5) is 37.1. The molecule has 2 aromatic rings. The molecule has 0 spiro atoms. The Labute approximate surface area is 161 Å². The first kappa shape index (κ1) is 18.0. The van der Waals surface area contributed by atoms with Crippen LogP contribution in [-0.2, 0) is 4.79 Å². The van der Waals surface area contributed by atoms with Gasteiger partial charge >= 0.3 is 0 Å². The molecule has 0 atom stereocenters. The molecular formula is C20H20N4O4. The van der Waals surface area contributed by atoms with Gasteiger partial charge in [-0.3, -0.25) is 19.7 Å². The molecule has 8 heteroatoms. The Morgan fingerprint density at radius 2 is 2.00 bits per heavy atom. The van der Waals surface area contributed by atoms with Crippen LogP contribution in [-0.4, -0.2) is 29.3 Å². The molecule has 28 heavy (non-hydrogen) atoms. The second-order valence-electron chi connectivity index (χ2n) is 7.06. The lowest BCUT2D eigenvalue weighted by Gasteiger charge is -2.16. The molecule has 2 aromatic carbocycles. The maximum atomic E-state index is 12.6. The van der Waals surface area contributed by atoms with Crippen LogP contribution in [0, 0.1) is 10.1 Å². The molecular weight excluding hydrogens is 360 g/mol. The molecule has 2 aliphatic rings. The van der Waals surface area contributed by atoms with Gasteiger partial charge in [0.15, 0.2) is 0 Å². The summed E-state index contributed by atoms with van der Waals surface area (Å²) in [5.74, 6) is -0.371. The molecule has 8 nitrogen and oxygen atoms in total. The molecule has 1 saturated heterocycles. The number of anilines is 3. The summed E-state index contributed by atoms with van der Waals surface area (Å²) in [6.07, 6.45) is 3.34. The van der Waals surface area contributed by atoms with Crippen LogP contribution in [0.1, 0.15) is 36.0 Å². The third kappa shape index (κ3) is 3.80. The van der Waals surface area contributed by atoms with Gasteiger partial charge in [0.25, 0.3) is 11.6 Å². The van der Waals surface area contributed by atoms with Crippen LogP contribution >= 0.6 is 0 Å². The van der Waals surface area contributed by atoms with Gasteiger partial charge in [-0.25, -0.2) is 0 Å². The van der Waals surface area contributed by atoms with Crippen LogP contribution in [0.4, 0.5) is 22.7 Å². The quantitative estimate of drug-likeness (QED) is 0.589. The highest BCUT2D eigenvalue weighted by Gasteiger charge is 2.26. The van der Waals surface area contributed by atoms with Crippen molar-refractivity contribution < 1.29 is 14.5 Å². The number of rotatable bonds is 6. The maximum Gasteiger partial charge on any atom is 0.293 e. The van der Waals surface area contributed by atoms with E-state index in [1.165, 1.54) is 6.07 Å². The largest absolute Gasteiger partial charge is 0.377 e. The van der Waals surface area contributed by atoms with E-state index in [2.05, 4.69) is 10.6 Å². The third-order valence-electron chi connectivity index (χ3n) is 4.88. The van der Waals surface area contributed by atoms with Crippen molar-refractivity contribution in [2.24, 2.45) is 0 Å². The smallest absolute Gasteiger partial charge is 0.293 e. The molecule has 1 aliphatic heterocycles. The van der Waals surface area contributed by atoms with Gasteiger partial charge in [0.05, 0.1) is 4.92 Å². The summed E-state index contributed by atoms with van der Waals surface area (Å²) in [6.45, 7) is 0.665. The topological polar surface area (TPSA) is 105 Å². The lowest BCUT2D eigenvalue weighted by atomic mass is 10.1. The predicted octanol–water partition coefficient (Wildman–Crippen LogP) is 3.55. The average molecular weight is 380 g/mol. The van der Waals surface area contributed by atoms with Crippen molar-refractivity contribution in [3.63, 3.8) is 0 Å². The summed E-state index contributed by atoms with van der Waals surface area (Å²) in [6, 6.07) is 11.7. The Kier molecular flexibility index (Phi) is 4.68. The molecule has 0 unspecified atom stereocenters. The van der Waals surface area contributed by atoms with Crippen molar-refractivity contribution in [2.75, 3.05) is 22.1 Å². The Balaban J connectivity index is 1.52. The molecule has 1 heterocycles. The van der Waals surface area contributed by atoms with E-state index in [9.17, 15) is 19.7 Å². The molecule has 1 saturated carbocycles. The second kappa shape index (κ2) is 7.30. The van der Waals surface area contributed by atoms with Gasteiger partial charge in [-0.2, -0.15) is 0 Å². The number of hydrogen-bond acceptors (Lipinski definition) is 5. The second-order valence-corrected chi connectivity index (χ2v) is 7.06. The average Bonchev–Trinajstić information content (AvgIpc) is 3.39. The van der Waals surface area contributed by atoms with E-state index in [1.807, 2.05) is 6.07 Å². The van der Waals surface area contributed by atoms with E-state index in [4.69, 9.17) is 0 Å². The molecule has 4 rings (SSSR count). The molecule has 0 radical (unpaired) electrons. The van der Waals surface area contributed by atoms with Crippen LogP contribution in [0.15, 0.2) is 42.5 Å². The minimum atomic E-state index is -0.485. The number of amides is 2. The molecule has 1 aliphatic carbocycles. The van der Waals surface area contributed by atoms with Gasteiger partial charge in [-0.15, -0.1) is 0 Å². The van der Waals surface area contributed by atoms with E-state index in [1.54, 1.807) is 35.2 Å². The zero-order chi connectivity index (χ0) is 19.7. The first-order valence-corrected chi connectivity index (χ1v) is 9.28. The number of hydrogen-bond donors (Lipinski definition) is 2. The predicted molar refractivity (Wildman–Crippen MR) is 106 cm³/mol. The van der Waals surface area contributed by atoms with Crippen LogP contribution < -0.4 is 15.5 Å². The van der Waals surface area contributed by atoms with Gasteiger partial charge in [-0.1, -0.05) is 6.07 Å². The standard InChI is InChI=1S/C20H20N4O4/c25-19-5-2-10-23(19)16-4-1-3-15(12-16)22-20(26)13-6-9-17(21-14-7-8-14)18(11-13)24(27)28/h1,3-4,6,9,11-12,14,21H,2,5,7-8,10H2,(H,22,26). The van der Waals surface area contributed by atoms with Crippen molar-refractivity contribution in [1.82, 2.24) is 0 Å². The first-order chi connectivity index (χ1) is 13.5. The number of nitrogens with zero attached hydrogens (tertiary/aromatic N) is 2. The minimum absolute atomic E-state index is 0.0675. The van der Waals surface area contributed by atoms with Gasteiger partial charge in [-0.05, 0) is 49.6 Å². The highest BCUT2D eigenvalue weighted by molar-refractivity contribution is 6.05. The van der Waals surface area contributed by atoms with E-state index < -0.39 is 10.8 Å². The normalized spacial score (nSPS) is 16.1. The zero-order valence-electron chi connectivity index (χ0n) is 15.2. The van der Waals surface area contributed by atoms with Crippen LogP contribution in [0.25, 0.3) is 0 Å². The number of carbonyl (C=O) groups excluding carboxylic acids is 2. The molecule has 2 fully saturated rings. The Morgan fingerprint density at radius 1 is 1.18 bits per heavy atom. The Hall–Kier alpha value is -3.42. The highest BCUT2D eigenvalue weighted by atomic mass is 16.6. The maximum absolute atomic E-state index is 12.6. The summed E-state index contributed by atoms with van der Waals surface area (Å²) >= 11 is 0. The van der Waals surface area contributed by atoms with Gasteiger partial charge in [0.1, 0.15) is 5.69 Å². The Bertz CT molecular complexity index is 955. The minimum Gasteiger partial charge on any atom is -0.377 e. The lowest BCUT2D eigenvalue weighted by molar-refractivity contribution is -0.384. The molecule has 0 bridgehead atoms. The number of nitrogens with one attached hydrogen (secondary N) is 2. The number of nitro benzene ring substituents is 1. The third-order valence-corrected chi connectivity index (χ3v) is 4.88. The highest BCUT2D eigenvalue weighted by Crippen LogP contribution is 2.32. The molecule has 2 amide bonds. The monoisotopic (exact) mass is 380 g/mol. The fraction of sp³-hybridized carbons (Fsp3) is 0.300. The number of carbonyl (C=O) groups is 2. The van der Waals surface area contributed by atoms with Crippen LogP contribution in [0.2, 0.25) is 0 Å². The fourth-order valence-electron chi connectivity index (χ4n) is 3.27. The van der Waals surface area contributed by atoms with Crippen molar-refractivity contribution in [1.29, 1.82) is 0 Å². The summed E-state index contributed by atoms with van der Waals surface area (Å²) < 4.78 is 0. The summed E-state index contributed by atoms with van der Waals surface area (Å²) in [7, 11) is 0. The number of nitro groups is 1. The summed E-state index contributed by atoms with van der Waals surface area (Å²) in [5.41, 5.74) is 1.78. The van der Waals surface area contributed by atoms with E-state index in [0.717, 1.165) is 24.9 Å². The van der Waals surface area contributed by atoms with E-state index >= 15 is 0 Å².